The van der Waals surface area contributed by atoms with Crippen LogP contribution in [0.3, 0.4) is 0 Å². The maximum atomic E-state index is 11.7. The van der Waals surface area contributed by atoms with Gasteiger partial charge in [-0.05, 0) is 31.7 Å². The fraction of sp³-hybridized carbons (Fsp3) is 1.00. The number of rotatable bonds is 7. The van der Waals surface area contributed by atoms with Crippen LogP contribution in [0.25, 0.3) is 0 Å². The summed E-state index contributed by atoms with van der Waals surface area (Å²) in [6.07, 6.45) is 2.52. The molecule has 1 aliphatic heterocycles. The van der Waals surface area contributed by atoms with E-state index in [0.717, 1.165) is 19.3 Å². The van der Waals surface area contributed by atoms with Gasteiger partial charge in [0.25, 0.3) is 0 Å². The van der Waals surface area contributed by atoms with Gasteiger partial charge in [0, 0.05) is 13.2 Å². The van der Waals surface area contributed by atoms with E-state index in [1.165, 1.54) is 0 Å². The second kappa shape index (κ2) is 6.54. The summed E-state index contributed by atoms with van der Waals surface area (Å²) in [7, 11) is -3.19. The Hall–Kier alpha value is -0.170. The number of nitrogens with two attached hydrogens (primary N) is 1. The molecule has 0 saturated carbocycles. The third-order valence-electron chi connectivity index (χ3n) is 2.74. The smallest absolute Gasteiger partial charge is 0.214 e. The summed E-state index contributed by atoms with van der Waals surface area (Å²) in [6.45, 7) is 3.73. The van der Waals surface area contributed by atoms with E-state index in [0.29, 0.717) is 19.7 Å². The normalized spacial score (nSPS) is 23.5. The first kappa shape index (κ1) is 13.9. The highest BCUT2D eigenvalue weighted by Crippen LogP contribution is 2.13. The van der Waals surface area contributed by atoms with Crippen molar-refractivity contribution >= 4 is 10.0 Å². The van der Waals surface area contributed by atoms with Crippen LogP contribution in [0.2, 0.25) is 0 Å². The molecule has 1 aliphatic rings. The molecule has 2 atom stereocenters. The Morgan fingerprint density at radius 2 is 2.31 bits per heavy atom. The molecule has 0 radical (unpaired) electrons. The van der Waals surface area contributed by atoms with Crippen molar-refractivity contribution in [3.05, 3.63) is 0 Å². The molecule has 2 unspecified atom stereocenters. The van der Waals surface area contributed by atoms with Crippen LogP contribution in [0.1, 0.15) is 26.2 Å². The zero-order chi connectivity index (χ0) is 12.0. The molecule has 0 spiro atoms. The van der Waals surface area contributed by atoms with Crippen LogP contribution in [0.4, 0.5) is 0 Å². The third-order valence-corrected chi connectivity index (χ3v) is 4.16. The highest BCUT2D eigenvalue weighted by Gasteiger charge is 2.23. The standard InChI is InChI=1S/C10H22N2O3S/c1-9(4-5-11)7-12-16(13,14)8-10-3-2-6-15-10/h9-10,12H,2-8,11H2,1H3. The van der Waals surface area contributed by atoms with Gasteiger partial charge < -0.3 is 10.5 Å². The number of hydrogen-bond acceptors (Lipinski definition) is 4. The predicted molar refractivity (Wildman–Crippen MR) is 63.6 cm³/mol. The minimum Gasteiger partial charge on any atom is -0.377 e. The molecule has 0 aliphatic carbocycles. The van der Waals surface area contributed by atoms with Gasteiger partial charge in [0.15, 0.2) is 0 Å². The van der Waals surface area contributed by atoms with Crippen molar-refractivity contribution in [2.75, 3.05) is 25.4 Å². The average Bonchev–Trinajstić information content (AvgIpc) is 2.67. The van der Waals surface area contributed by atoms with Crippen LogP contribution < -0.4 is 10.5 Å². The van der Waals surface area contributed by atoms with Gasteiger partial charge in [0.1, 0.15) is 0 Å². The summed E-state index contributed by atoms with van der Waals surface area (Å²) in [5.74, 6) is 0.367. The summed E-state index contributed by atoms with van der Waals surface area (Å²) in [4.78, 5) is 0. The van der Waals surface area contributed by atoms with E-state index in [-0.39, 0.29) is 17.8 Å². The lowest BCUT2D eigenvalue weighted by Crippen LogP contribution is -2.35. The molecule has 1 saturated heterocycles. The van der Waals surface area contributed by atoms with Crippen molar-refractivity contribution in [2.24, 2.45) is 11.7 Å². The van der Waals surface area contributed by atoms with Crippen molar-refractivity contribution in [2.45, 2.75) is 32.3 Å². The van der Waals surface area contributed by atoms with E-state index in [1.54, 1.807) is 0 Å². The molecule has 6 heteroatoms. The summed E-state index contributed by atoms with van der Waals surface area (Å²) >= 11 is 0. The Balaban J connectivity index is 2.27. The molecule has 0 amide bonds. The first-order chi connectivity index (χ1) is 7.53. The largest absolute Gasteiger partial charge is 0.377 e. The van der Waals surface area contributed by atoms with Gasteiger partial charge in [0.2, 0.25) is 10.0 Å². The second-order valence-corrected chi connectivity index (χ2v) is 6.30. The van der Waals surface area contributed by atoms with Gasteiger partial charge in [-0.2, -0.15) is 0 Å². The van der Waals surface area contributed by atoms with Crippen LogP contribution in [-0.2, 0) is 14.8 Å². The van der Waals surface area contributed by atoms with Crippen LogP contribution in [0.5, 0.6) is 0 Å². The van der Waals surface area contributed by atoms with Crippen molar-refractivity contribution in [1.29, 1.82) is 0 Å². The van der Waals surface area contributed by atoms with Gasteiger partial charge in [-0.1, -0.05) is 6.92 Å². The molecule has 1 heterocycles. The molecule has 16 heavy (non-hydrogen) atoms. The van der Waals surface area contributed by atoms with Crippen molar-refractivity contribution in [3.8, 4) is 0 Å². The van der Waals surface area contributed by atoms with Gasteiger partial charge in [-0.15, -0.1) is 0 Å². The van der Waals surface area contributed by atoms with Crippen molar-refractivity contribution < 1.29 is 13.2 Å². The Bertz CT molecular complexity index is 286. The van der Waals surface area contributed by atoms with E-state index in [4.69, 9.17) is 10.5 Å². The zero-order valence-electron chi connectivity index (χ0n) is 9.81. The van der Waals surface area contributed by atoms with E-state index in [1.807, 2.05) is 6.92 Å². The Labute approximate surface area is 97.8 Å². The van der Waals surface area contributed by atoms with Crippen molar-refractivity contribution in [1.82, 2.24) is 4.72 Å². The summed E-state index contributed by atoms with van der Waals surface area (Å²) in [5.41, 5.74) is 5.40. The fourth-order valence-electron chi connectivity index (χ4n) is 1.74. The fourth-order valence-corrected chi connectivity index (χ4v) is 3.14. The zero-order valence-corrected chi connectivity index (χ0v) is 10.6. The highest BCUT2D eigenvalue weighted by atomic mass is 32.2. The molecule has 0 aromatic carbocycles. The SMILES string of the molecule is CC(CCN)CNS(=O)(=O)CC1CCCO1. The summed E-state index contributed by atoms with van der Waals surface area (Å²) < 4.78 is 31.3. The quantitative estimate of drug-likeness (QED) is 0.670. The monoisotopic (exact) mass is 250 g/mol. The van der Waals surface area contributed by atoms with E-state index < -0.39 is 10.0 Å². The van der Waals surface area contributed by atoms with Crippen LogP contribution in [0, 0.1) is 5.92 Å². The van der Waals surface area contributed by atoms with Crippen molar-refractivity contribution in [3.63, 3.8) is 0 Å². The molecule has 1 fully saturated rings. The lowest BCUT2D eigenvalue weighted by molar-refractivity contribution is 0.127. The van der Waals surface area contributed by atoms with Crippen LogP contribution >= 0.6 is 0 Å². The van der Waals surface area contributed by atoms with E-state index in [9.17, 15) is 8.42 Å². The minimum atomic E-state index is -3.19. The molecule has 5 nitrogen and oxygen atoms in total. The van der Waals surface area contributed by atoms with Crippen LogP contribution in [-0.4, -0.2) is 40.0 Å². The van der Waals surface area contributed by atoms with Gasteiger partial charge in [0.05, 0.1) is 11.9 Å². The van der Waals surface area contributed by atoms with E-state index in [2.05, 4.69) is 4.72 Å². The number of hydrogen-bond donors (Lipinski definition) is 2. The first-order valence-electron chi connectivity index (χ1n) is 5.82. The van der Waals surface area contributed by atoms with Gasteiger partial charge >= 0.3 is 0 Å². The molecule has 1 rings (SSSR count). The Morgan fingerprint density at radius 3 is 2.88 bits per heavy atom. The molecule has 0 aromatic heterocycles. The first-order valence-corrected chi connectivity index (χ1v) is 7.47. The molecular formula is C10H22N2O3S. The molecular weight excluding hydrogens is 228 g/mol. The maximum Gasteiger partial charge on any atom is 0.214 e. The molecule has 3 N–H and O–H groups in total. The topological polar surface area (TPSA) is 81.4 Å². The average molecular weight is 250 g/mol. The highest BCUT2D eigenvalue weighted by molar-refractivity contribution is 7.89. The summed E-state index contributed by atoms with van der Waals surface area (Å²) in [5, 5.41) is 0. The minimum absolute atomic E-state index is 0.0857. The van der Waals surface area contributed by atoms with Crippen LogP contribution in [0.15, 0.2) is 0 Å². The molecule has 0 aromatic rings. The van der Waals surface area contributed by atoms with Gasteiger partial charge in [-0.25, -0.2) is 13.1 Å². The van der Waals surface area contributed by atoms with Gasteiger partial charge in [-0.3, -0.25) is 0 Å². The number of ether oxygens (including phenoxy) is 1. The van der Waals surface area contributed by atoms with E-state index >= 15 is 0 Å². The maximum absolute atomic E-state index is 11.7. The number of nitrogens with one attached hydrogen (secondary N) is 1. The Kier molecular flexibility index (Phi) is 5.68. The molecule has 96 valence electrons. The Morgan fingerprint density at radius 1 is 1.56 bits per heavy atom. The summed E-state index contributed by atoms with van der Waals surface area (Å²) in [6, 6.07) is 0. The lowest BCUT2D eigenvalue weighted by Gasteiger charge is -2.14. The lowest BCUT2D eigenvalue weighted by atomic mass is 10.1. The molecule has 0 bridgehead atoms. The third kappa shape index (κ3) is 5.25. The predicted octanol–water partition coefficient (Wildman–Crippen LogP) is 0.0697. The number of sulfonamides is 1. The second-order valence-electron chi connectivity index (χ2n) is 4.45.